The summed E-state index contributed by atoms with van der Waals surface area (Å²) < 4.78 is 10.4. The van der Waals surface area contributed by atoms with Crippen LogP contribution in [0.5, 0.6) is 0 Å². The molecule has 0 radical (unpaired) electrons. The van der Waals surface area contributed by atoms with E-state index in [0.29, 0.717) is 0 Å². The van der Waals surface area contributed by atoms with Crippen LogP contribution in [0.15, 0.2) is 24.3 Å². The third-order valence-electron chi connectivity index (χ3n) is 5.64. The van der Waals surface area contributed by atoms with Gasteiger partial charge in [0.15, 0.2) is 0 Å². The summed E-state index contributed by atoms with van der Waals surface area (Å²) in [6, 6.07) is -0.504. The van der Waals surface area contributed by atoms with E-state index in [9.17, 15) is 19.2 Å². The van der Waals surface area contributed by atoms with Crippen LogP contribution in [0.4, 0.5) is 9.59 Å². The van der Waals surface area contributed by atoms with Gasteiger partial charge in [0.2, 0.25) is 0 Å². The molecule has 0 aromatic heterocycles. The molecule has 8 nitrogen and oxygen atoms in total. The van der Waals surface area contributed by atoms with Crippen LogP contribution < -0.4 is 10.6 Å². The van der Waals surface area contributed by atoms with Crippen molar-refractivity contribution in [3.05, 3.63) is 24.3 Å². The van der Waals surface area contributed by atoms with Crippen molar-refractivity contribution in [2.75, 3.05) is 0 Å². The van der Waals surface area contributed by atoms with Crippen molar-refractivity contribution < 1.29 is 28.7 Å². The van der Waals surface area contributed by atoms with E-state index in [0.717, 1.165) is 63.9 Å². The van der Waals surface area contributed by atoms with Crippen molar-refractivity contribution in [1.29, 1.82) is 0 Å². The minimum atomic E-state index is -0.522. The minimum Gasteiger partial charge on any atom is -0.444 e. The van der Waals surface area contributed by atoms with Crippen LogP contribution in [0.3, 0.4) is 0 Å². The first kappa shape index (κ1) is 31.4. The molecular formula is C28H46N2O6. The van der Waals surface area contributed by atoms with E-state index in [1.165, 1.54) is 0 Å². The van der Waals surface area contributed by atoms with Gasteiger partial charge in [-0.2, -0.15) is 0 Å². The molecule has 0 bridgehead atoms. The number of allylic oxidation sites excluding steroid dienone is 2. The van der Waals surface area contributed by atoms with E-state index in [1.54, 1.807) is 0 Å². The molecule has 0 aliphatic heterocycles. The van der Waals surface area contributed by atoms with E-state index < -0.39 is 23.4 Å². The maximum atomic E-state index is 11.7. The van der Waals surface area contributed by atoms with Crippen molar-refractivity contribution in [3.63, 3.8) is 0 Å². The predicted octanol–water partition coefficient (Wildman–Crippen LogP) is 5.65. The average Bonchev–Trinajstić information content (AvgIpc) is 2.70. The second-order valence-electron chi connectivity index (χ2n) is 11.4. The number of nitrogens with one attached hydrogen (secondary N) is 2. The molecular weight excluding hydrogens is 460 g/mol. The Bertz CT molecular complexity index is 699. The number of aldehydes is 2. The molecule has 0 fully saturated rings. The maximum Gasteiger partial charge on any atom is 0.408 e. The Morgan fingerprint density at radius 3 is 1.36 bits per heavy atom. The van der Waals surface area contributed by atoms with Crippen molar-refractivity contribution in [2.24, 2.45) is 11.8 Å². The summed E-state index contributed by atoms with van der Waals surface area (Å²) in [6.07, 6.45) is 16.6. The molecule has 0 heterocycles. The molecule has 2 rings (SSSR count). The molecule has 36 heavy (non-hydrogen) atoms. The van der Waals surface area contributed by atoms with Gasteiger partial charge in [-0.25, -0.2) is 9.59 Å². The van der Waals surface area contributed by atoms with Crippen LogP contribution in [0.25, 0.3) is 0 Å². The maximum absolute atomic E-state index is 11.7. The Labute approximate surface area is 216 Å². The summed E-state index contributed by atoms with van der Waals surface area (Å²) in [5.74, 6) is -0.317. The Morgan fingerprint density at radius 2 is 1.06 bits per heavy atom. The summed E-state index contributed by atoms with van der Waals surface area (Å²) in [5.41, 5.74) is -1.04. The number of rotatable bonds is 4. The van der Waals surface area contributed by atoms with Crippen molar-refractivity contribution in [3.8, 4) is 0 Å². The Balaban J connectivity index is 0.000000360. The van der Waals surface area contributed by atoms with Crippen molar-refractivity contribution >= 4 is 24.8 Å². The Hall–Kier alpha value is -2.64. The second kappa shape index (κ2) is 15.5. The van der Waals surface area contributed by atoms with Crippen LogP contribution >= 0.6 is 0 Å². The summed E-state index contributed by atoms with van der Waals surface area (Å²) in [5, 5.41) is 5.53. The zero-order valence-electron chi connectivity index (χ0n) is 22.9. The van der Waals surface area contributed by atoms with Crippen LogP contribution in [-0.4, -0.2) is 48.0 Å². The van der Waals surface area contributed by atoms with Gasteiger partial charge in [0.1, 0.15) is 23.8 Å². The molecule has 2 N–H and O–H groups in total. The second-order valence-corrected chi connectivity index (χ2v) is 11.4. The fourth-order valence-electron chi connectivity index (χ4n) is 3.92. The molecule has 2 amide bonds. The van der Waals surface area contributed by atoms with Gasteiger partial charge < -0.3 is 29.7 Å². The van der Waals surface area contributed by atoms with Gasteiger partial charge in [-0.3, -0.25) is 0 Å². The third-order valence-corrected chi connectivity index (χ3v) is 5.64. The number of alkyl carbamates (subject to hydrolysis) is 2. The fourth-order valence-corrected chi connectivity index (χ4v) is 3.92. The molecule has 4 atom stereocenters. The zero-order valence-corrected chi connectivity index (χ0v) is 22.9. The highest BCUT2D eigenvalue weighted by atomic mass is 16.6. The highest BCUT2D eigenvalue weighted by Crippen LogP contribution is 2.19. The van der Waals surface area contributed by atoms with Crippen LogP contribution in [0.1, 0.15) is 92.9 Å². The first-order valence-electron chi connectivity index (χ1n) is 13.1. The number of carbonyl (C=O) groups is 4. The van der Waals surface area contributed by atoms with Crippen LogP contribution in [0.2, 0.25) is 0 Å². The smallest absolute Gasteiger partial charge is 0.408 e. The molecule has 0 saturated heterocycles. The molecule has 2 aliphatic carbocycles. The molecule has 0 aromatic rings. The lowest BCUT2D eigenvalue weighted by atomic mass is 9.92. The van der Waals surface area contributed by atoms with Gasteiger partial charge in [0.05, 0.1) is 12.1 Å². The lowest BCUT2D eigenvalue weighted by Gasteiger charge is -2.25. The molecule has 0 spiro atoms. The van der Waals surface area contributed by atoms with E-state index >= 15 is 0 Å². The van der Waals surface area contributed by atoms with Gasteiger partial charge in [-0.15, -0.1) is 0 Å². The molecule has 8 heteroatoms. The normalized spacial score (nSPS) is 26.6. The van der Waals surface area contributed by atoms with Gasteiger partial charge in [-0.1, -0.05) is 37.1 Å². The van der Waals surface area contributed by atoms with Gasteiger partial charge in [0.25, 0.3) is 0 Å². The highest BCUT2D eigenvalue weighted by molar-refractivity contribution is 5.70. The predicted molar refractivity (Wildman–Crippen MR) is 141 cm³/mol. The highest BCUT2D eigenvalue weighted by Gasteiger charge is 2.25. The monoisotopic (exact) mass is 506 g/mol. The zero-order chi connectivity index (χ0) is 27.2. The minimum absolute atomic E-state index is 0.158. The van der Waals surface area contributed by atoms with E-state index in [2.05, 4.69) is 10.6 Å². The summed E-state index contributed by atoms with van der Waals surface area (Å²) in [4.78, 5) is 45.6. The molecule has 0 saturated carbocycles. The number of carbonyl (C=O) groups excluding carboxylic acids is 4. The SMILES string of the molecule is CC(C)(C)OC(=O)N[C@@H]1/C=C\CCCC[C@@H]1C=O.CC(C)(C)OC(=O)N[C@H]1/C=C\CCCC[C@H]1C=O. The molecule has 2 aliphatic rings. The van der Waals surface area contributed by atoms with Gasteiger partial charge in [-0.05, 0) is 80.1 Å². The molecule has 0 aromatic carbocycles. The fraction of sp³-hybridized carbons (Fsp3) is 0.714. The summed E-state index contributed by atoms with van der Waals surface area (Å²) >= 11 is 0. The van der Waals surface area contributed by atoms with Gasteiger partial charge in [0, 0.05) is 11.8 Å². The van der Waals surface area contributed by atoms with E-state index in [-0.39, 0.29) is 23.9 Å². The quantitative estimate of drug-likeness (QED) is 0.376. The first-order valence-corrected chi connectivity index (χ1v) is 13.1. The Kier molecular flexibility index (Phi) is 13.5. The molecule has 0 unspecified atom stereocenters. The lowest BCUT2D eigenvalue weighted by Crippen LogP contribution is -2.42. The first-order chi connectivity index (χ1) is 16.8. The van der Waals surface area contributed by atoms with Gasteiger partial charge >= 0.3 is 12.2 Å². The largest absolute Gasteiger partial charge is 0.444 e. The van der Waals surface area contributed by atoms with Crippen molar-refractivity contribution in [2.45, 2.75) is 116 Å². The van der Waals surface area contributed by atoms with Crippen molar-refractivity contribution in [1.82, 2.24) is 10.6 Å². The number of amides is 2. The van der Waals surface area contributed by atoms with Crippen LogP contribution in [0, 0.1) is 11.8 Å². The standard InChI is InChI=1S/2C14H23NO3/c2*1-14(2,3)18-13(17)15-12-9-7-5-4-6-8-11(12)10-16/h2*7,9-12H,4-6,8H2,1-3H3,(H,15,17)/b2*9-7-/t2*11-,12-/m10/s1. The Morgan fingerprint density at radius 1 is 0.694 bits per heavy atom. The third kappa shape index (κ3) is 14.0. The van der Waals surface area contributed by atoms with E-state index in [1.807, 2.05) is 65.8 Å². The number of hydrogen-bond donors (Lipinski definition) is 2. The van der Waals surface area contributed by atoms with E-state index in [4.69, 9.17) is 9.47 Å². The topological polar surface area (TPSA) is 111 Å². The summed E-state index contributed by atoms with van der Waals surface area (Å²) in [6.45, 7) is 10.9. The number of ether oxygens (including phenoxy) is 2. The molecule has 204 valence electrons. The van der Waals surface area contributed by atoms with Crippen LogP contribution in [-0.2, 0) is 19.1 Å². The lowest BCUT2D eigenvalue weighted by molar-refractivity contribution is -0.112. The summed E-state index contributed by atoms with van der Waals surface area (Å²) in [7, 11) is 0. The average molecular weight is 507 g/mol. The number of hydrogen-bond acceptors (Lipinski definition) is 6.